The first-order valence-corrected chi connectivity index (χ1v) is 7.48. The van der Waals surface area contributed by atoms with Crippen molar-refractivity contribution in [3.05, 3.63) is 18.0 Å². The number of hydrogen-bond acceptors (Lipinski definition) is 4. The van der Waals surface area contributed by atoms with E-state index in [4.69, 9.17) is 10.5 Å². The van der Waals surface area contributed by atoms with Crippen LogP contribution in [0.25, 0.3) is 0 Å². The quantitative estimate of drug-likeness (QED) is 0.805. The van der Waals surface area contributed by atoms with Gasteiger partial charge in [0.1, 0.15) is 5.54 Å². The van der Waals surface area contributed by atoms with E-state index in [0.717, 1.165) is 12.1 Å². The fourth-order valence-corrected chi connectivity index (χ4v) is 2.93. The lowest BCUT2D eigenvalue weighted by molar-refractivity contribution is -0.170. The molecule has 3 N–H and O–H groups in total. The van der Waals surface area contributed by atoms with Crippen LogP contribution in [0.4, 0.5) is 0 Å². The number of nitrogens with one attached hydrogen (secondary N) is 1. The highest BCUT2D eigenvalue weighted by atomic mass is 16.5. The van der Waals surface area contributed by atoms with Crippen LogP contribution in [0.3, 0.4) is 0 Å². The van der Waals surface area contributed by atoms with E-state index in [-0.39, 0.29) is 17.4 Å². The molecular formula is C15H26N4O2. The molecule has 0 aromatic carbocycles. The van der Waals surface area contributed by atoms with Gasteiger partial charge in [-0.15, -0.1) is 0 Å². The Morgan fingerprint density at radius 2 is 2.33 bits per heavy atom. The standard InChI is InChI=1S/C15H26N4O2/c1-5-21-12-10-15(16,14(12,2)3)13(20)17-8-6-11-7-9-18-19(11)4/h7,9,12H,5-6,8,10,16H2,1-4H3,(H,17,20). The van der Waals surface area contributed by atoms with E-state index in [9.17, 15) is 4.79 Å². The maximum absolute atomic E-state index is 12.4. The molecule has 0 radical (unpaired) electrons. The average molecular weight is 294 g/mol. The van der Waals surface area contributed by atoms with Gasteiger partial charge in [-0.25, -0.2) is 0 Å². The molecule has 1 fully saturated rings. The normalized spacial score (nSPS) is 27.2. The average Bonchev–Trinajstić information content (AvgIpc) is 2.84. The van der Waals surface area contributed by atoms with Gasteiger partial charge in [0.05, 0.1) is 6.10 Å². The summed E-state index contributed by atoms with van der Waals surface area (Å²) in [7, 11) is 1.89. The smallest absolute Gasteiger partial charge is 0.240 e. The molecule has 2 rings (SSSR count). The number of rotatable bonds is 6. The minimum atomic E-state index is -0.848. The summed E-state index contributed by atoms with van der Waals surface area (Å²) in [6, 6.07) is 1.95. The number of aromatic nitrogens is 2. The monoisotopic (exact) mass is 294 g/mol. The molecule has 6 heteroatoms. The molecule has 21 heavy (non-hydrogen) atoms. The largest absolute Gasteiger partial charge is 0.378 e. The highest BCUT2D eigenvalue weighted by Crippen LogP contribution is 2.49. The zero-order chi connectivity index (χ0) is 15.7. The number of amides is 1. The van der Waals surface area contributed by atoms with E-state index in [0.29, 0.717) is 19.6 Å². The zero-order valence-electron chi connectivity index (χ0n) is 13.3. The maximum atomic E-state index is 12.4. The highest BCUT2D eigenvalue weighted by molar-refractivity contribution is 5.88. The Hall–Kier alpha value is -1.40. The minimum Gasteiger partial charge on any atom is -0.378 e. The van der Waals surface area contributed by atoms with E-state index < -0.39 is 5.54 Å². The van der Waals surface area contributed by atoms with Crippen molar-refractivity contribution in [2.75, 3.05) is 13.2 Å². The predicted molar refractivity (Wildman–Crippen MR) is 80.7 cm³/mol. The van der Waals surface area contributed by atoms with Gasteiger partial charge >= 0.3 is 0 Å². The minimum absolute atomic E-state index is 0.0512. The Kier molecular flexibility index (Phi) is 4.39. The lowest BCUT2D eigenvalue weighted by Crippen LogP contribution is -2.75. The van der Waals surface area contributed by atoms with Crippen molar-refractivity contribution in [1.29, 1.82) is 0 Å². The number of hydrogen-bond donors (Lipinski definition) is 2. The first-order chi connectivity index (χ1) is 9.83. The number of ether oxygens (including phenoxy) is 1. The lowest BCUT2D eigenvalue weighted by Gasteiger charge is -2.57. The SMILES string of the molecule is CCOC1CC(N)(C(=O)NCCc2ccnn2C)C1(C)C. The van der Waals surface area contributed by atoms with Crippen LogP contribution < -0.4 is 11.1 Å². The fraction of sp³-hybridized carbons (Fsp3) is 0.733. The van der Waals surface area contributed by atoms with Crippen molar-refractivity contribution in [2.45, 2.75) is 45.3 Å². The van der Waals surface area contributed by atoms with Gasteiger partial charge < -0.3 is 15.8 Å². The number of nitrogens with two attached hydrogens (primary N) is 1. The highest BCUT2D eigenvalue weighted by Gasteiger charge is 2.62. The maximum Gasteiger partial charge on any atom is 0.240 e. The predicted octanol–water partition coefficient (Wildman–Crippen LogP) is 0.611. The molecule has 0 spiro atoms. The van der Waals surface area contributed by atoms with E-state index in [2.05, 4.69) is 10.4 Å². The van der Waals surface area contributed by atoms with Crippen LogP contribution >= 0.6 is 0 Å². The van der Waals surface area contributed by atoms with E-state index in [1.807, 2.05) is 38.6 Å². The van der Waals surface area contributed by atoms with Crippen molar-refractivity contribution in [3.63, 3.8) is 0 Å². The Balaban J connectivity index is 1.87. The van der Waals surface area contributed by atoms with Crippen molar-refractivity contribution >= 4 is 5.91 Å². The third-order valence-corrected chi connectivity index (χ3v) is 4.82. The van der Waals surface area contributed by atoms with Gasteiger partial charge in [-0.3, -0.25) is 9.48 Å². The Labute approximate surface area is 126 Å². The molecule has 1 aromatic heterocycles. The molecule has 1 saturated carbocycles. The number of nitrogens with zero attached hydrogens (tertiary/aromatic N) is 2. The van der Waals surface area contributed by atoms with Crippen molar-refractivity contribution in [2.24, 2.45) is 18.2 Å². The van der Waals surface area contributed by atoms with Crippen LogP contribution in [0.1, 0.15) is 32.9 Å². The van der Waals surface area contributed by atoms with Crippen LogP contribution in [-0.2, 0) is 23.0 Å². The first kappa shape index (κ1) is 16.0. The molecular weight excluding hydrogens is 268 g/mol. The van der Waals surface area contributed by atoms with Gasteiger partial charge in [-0.1, -0.05) is 13.8 Å². The van der Waals surface area contributed by atoms with E-state index in [1.54, 1.807) is 6.20 Å². The molecule has 0 saturated heterocycles. The topological polar surface area (TPSA) is 82.2 Å². The van der Waals surface area contributed by atoms with Crippen molar-refractivity contribution < 1.29 is 9.53 Å². The zero-order valence-corrected chi connectivity index (χ0v) is 13.3. The Morgan fingerprint density at radius 1 is 1.62 bits per heavy atom. The van der Waals surface area contributed by atoms with Crippen LogP contribution in [0.2, 0.25) is 0 Å². The van der Waals surface area contributed by atoms with Crippen LogP contribution in [0.15, 0.2) is 12.3 Å². The van der Waals surface area contributed by atoms with Gasteiger partial charge in [-0.05, 0) is 13.0 Å². The molecule has 1 aliphatic rings. The summed E-state index contributed by atoms with van der Waals surface area (Å²) < 4.78 is 7.45. The molecule has 2 unspecified atom stereocenters. The van der Waals surface area contributed by atoms with Crippen molar-refractivity contribution in [3.8, 4) is 0 Å². The molecule has 1 aromatic rings. The van der Waals surface area contributed by atoms with Gasteiger partial charge in [0.2, 0.25) is 5.91 Å². The summed E-state index contributed by atoms with van der Waals surface area (Å²) in [6.07, 6.45) is 3.12. The van der Waals surface area contributed by atoms with Gasteiger partial charge in [-0.2, -0.15) is 5.10 Å². The Bertz CT molecular complexity index is 512. The van der Waals surface area contributed by atoms with Gasteiger partial charge in [0.25, 0.3) is 0 Å². The second-order valence-corrected chi connectivity index (χ2v) is 6.29. The molecule has 0 aliphatic heterocycles. The van der Waals surface area contributed by atoms with Gasteiger partial charge in [0, 0.05) is 50.3 Å². The molecule has 118 valence electrons. The molecule has 0 bridgehead atoms. The molecule has 6 nitrogen and oxygen atoms in total. The molecule has 1 amide bonds. The second kappa shape index (κ2) is 5.77. The van der Waals surface area contributed by atoms with Crippen LogP contribution in [-0.4, -0.2) is 40.5 Å². The number of aryl methyl sites for hydroxylation is 1. The summed E-state index contributed by atoms with van der Waals surface area (Å²) in [5, 5.41) is 7.06. The van der Waals surface area contributed by atoms with E-state index in [1.165, 1.54) is 0 Å². The Morgan fingerprint density at radius 3 is 2.86 bits per heavy atom. The van der Waals surface area contributed by atoms with E-state index >= 15 is 0 Å². The van der Waals surface area contributed by atoms with Crippen LogP contribution in [0, 0.1) is 5.41 Å². The summed E-state index contributed by atoms with van der Waals surface area (Å²) in [4.78, 5) is 12.4. The van der Waals surface area contributed by atoms with Crippen LogP contribution in [0.5, 0.6) is 0 Å². The van der Waals surface area contributed by atoms with Gasteiger partial charge in [0.15, 0.2) is 0 Å². The number of carbonyl (C=O) groups excluding carboxylic acids is 1. The molecule has 1 heterocycles. The molecule has 2 atom stereocenters. The third-order valence-electron chi connectivity index (χ3n) is 4.82. The summed E-state index contributed by atoms with van der Waals surface area (Å²) in [6.45, 7) is 7.16. The summed E-state index contributed by atoms with van der Waals surface area (Å²) in [5.41, 5.74) is 6.21. The second-order valence-electron chi connectivity index (χ2n) is 6.29. The van der Waals surface area contributed by atoms with Crippen molar-refractivity contribution in [1.82, 2.24) is 15.1 Å². The summed E-state index contributed by atoms with van der Waals surface area (Å²) >= 11 is 0. The lowest BCUT2D eigenvalue weighted by atomic mass is 9.54. The fourth-order valence-electron chi connectivity index (χ4n) is 2.93. The summed E-state index contributed by atoms with van der Waals surface area (Å²) in [5.74, 6) is -0.0920. The number of carbonyl (C=O) groups is 1. The third kappa shape index (κ3) is 2.70. The first-order valence-electron chi connectivity index (χ1n) is 7.48. The molecule has 1 aliphatic carbocycles.